The first kappa shape index (κ1) is 17.6. The van der Waals surface area contributed by atoms with E-state index >= 15 is 0 Å². The Morgan fingerprint density at radius 3 is 2.22 bits per heavy atom. The molecule has 0 radical (unpaired) electrons. The minimum atomic E-state index is -0.109. The second-order valence-electron chi connectivity index (χ2n) is 6.35. The second-order valence-corrected chi connectivity index (χ2v) is 7.26. The number of anilines is 1. The van der Waals surface area contributed by atoms with Crippen LogP contribution in [0.2, 0.25) is 0 Å². The summed E-state index contributed by atoms with van der Waals surface area (Å²) in [5.41, 5.74) is 5.30. The smallest absolute Gasteiger partial charge is 0.238 e. The molecule has 1 aliphatic rings. The highest BCUT2D eigenvalue weighted by Gasteiger charge is 2.21. The van der Waals surface area contributed by atoms with Gasteiger partial charge in [0.2, 0.25) is 5.91 Å². The summed E-state index contributed by atoms with van der Waals surface area (Å²) in [6, 6.07) is 18.3. The minimum Gasteiger partial charge on any atom is -0.324 e. The van der Waals surface area contributed by atoms with Crippen molar-refractivity contribution in [3.05, 3.63) is 93.7 Å². The van der Waals surface area contributed by atoms with Gasteiger partial charge in [-0.3, -0.25) is 15.1 Å². The molecular formula is C22H18BrN3O. The van der Waals surface area contributed by atoms with Crippen LogP contribution in [0.4, 0.5) is 5.69 Å². The molecule has 0 unspecified atom stereocenters. The molecule has 0 aliphatic heterocycles. The Bertz CT molecular complexity index is 966. The van der Waals surface area contributed by atoms with Crippen molar-refractivity contribution in [3.63, 3.8) is 0 Å². The summed E-state index contributed by atoms with van der Waals surface area (Å²) in [7, 11) is 0. The molecule has 2 aromatic carbocycles. The first-order valence-electron chi connectivity index (χ1n) is 8.70. The van der Waals surface area contributed by atoms with E-state index in [-0.39, 0.29) is 18.5 Å². The number of nitrogens with one attached hydrogen (secondary N) is 2. The van der Waals surface area contributed by atoms with E-state index in [1.165, 1.54) is 0 Å². The second kappa shape index (κ2) is 7.86. The lowest BCUT2D eigenvalue weighted by Gasteiger charge is -2.21. The maximum Gasteiger partial charge on any atom is 0.238 e. The van der Waals surface area contributed by atoms with Crippen LogP contribution in [0.5, 0.6) is 0 Å². The van der Waals surface area contributed by atoms with E-state index in [0.29, 0.717) is 5.69 Å². The van der Waals surface area contributed by atoms with Gasteiger partial charge in [-0.1, -0.05) is 60.7 Å². The molecule has 0 spiro atoms. The predicted molar refractivity (Wildman–Crippen MR) is 112 cm³/mol. The van der Waals surface area contributed by atoms with Gasteiger partial charge in [-0.15, -0.1) is 0 Å². The molecule has 4 nitrogen and oxygen atoms in total. The average Bonchev–Trinajstić information content (AvgIpc) is 2.83. The normalized spacial score (nSPS) is 12.8. The van der Waals surface area contributed by atoms with Crippen molar-refractivity contribution in [3.8, 4) is 0 Å². The Morgan fingerprint density at radius 2 is 1.59 bits per heavy atom. The van der Waals surface area contributed by atoms with Crippen molar-refractivity contribution < 1.29 is 4.79 Å². The van der Waals surface area contributed by atoms with Crippen LogP contribution in [0.3, 0.4) is 0 Å². The van der Waals surface area contributed by atoms with Gasteiger partial charge < -0.3 is 5.32 Å². The molecule has 2 N–H and O–H groups in total. The highest BCUT2D eigenvalue weighted by molar-refractivity contribution is 9.10. The predicted octanol–water partition coefficient (Wildman–Crippen LogP) is 4.65. The van der Waals surface area contributed by atoms with Crippen LogP contribution >= 0.6 is 15.9 Å². The molecule has 1 aliphatic carbocycles. The Balaban J connectivity index is 1.56. The fourth-order valence-electron chi connectivity index (χ4n) is 3.30. The van der Waals surface area contributed by atoms with E-state index < -0.39 is 0 Å². The summed E-state index contributed by atoms with van der Waals surface area (Å²) in [6.07, 6.45) is 7.56. The van der Waals surface area contributed by atoms with Crippen LogP contribution in [-0.4, -0.2) is 17.4 Å². The highest BCUT2D eigenvalue weighted by Crippen LogP contribution is 2.32. The number of pyridine rings is 1. The zero-order chi connectivity index (χ0) is 18.6. The van der Waals surface area contributed by atoms with E-state index in [2.05, 4.69) is 68.0 Å². The number of rotatable bonds is 4. The molecule has 0 bridgehead atoms. The number of aromatic nitrogens is 1. The van der Waals surface area contributed by atoms with Crippen molar-refractivity contribution in [2.75, 3.05) is 11.9 Å². The molecule has 1 amide bonds. The number of benzene rings is 2. The van der Waals surface area contributed by atoms with Crippen molar-refractivity contribution in [1.29, 1.82) is 0 Å². The zero-order valence-corrected chi connectivity index (χ0v) is 16.1. The third-order valence-electron chi connectivity index (χ3n) is 4.51. The van der Waals surface area contributed by atoms with Gasteiger partial charge in [0, 0.05) is 10.7 Å². The average molecular weight is 420 g/mol. The molecule has 5 heteroatoms. The fourth-order valence-corrected chi connectivity index (χ4v) is 3.66. The molecule has 1 heterocycles. The number of amides is 1. The molecule has 134 valence electrons. The van der Waals surface area contributed by atoms with Gasteiger partial charge in [0.25, 0.3) is 0 Å². The van der Waals surface area contributed by atoms with Crippen LogP contribution in [0.1, 0.15) is 28.3 Å². The summed E-state index contributed by atoms with van der Waals surface area (Å²) >= 11 is 3.36. The van der Waals surface area contributed by atoms with Gasteiger partial charge in [0.15, 0.2) is 0 Å². The molecule has 0 fully saturated rings. The van der Waals surface area contributed by atoms with Crippen LogP contribution < -0.4 is 10.6 Å². The van der Waals surface area contributed by atoms with E-state index in [1.54, 1.807) is 12.4 Å². The number of hydrogen-bond donors (Lipinski definition) is 2. The van der Waals surface area contributed by atoms with E-state index in [4.69, 9.17) is 0 Å². The monoisotopic (exact) mass is 419 g/mol. The standard InChI is InChI=1S/C22H18BrN3O/c23-17-11-18(13-24-12-17)26-21(27)14-25-22-19-7-3-1-5-15(19)9-10-16-6-2-4-8-20(16)22/h1-13,22,25H,14H2,(H,26,27). The topological polar surface area (TPSA) is 54.0 Å². The molecule has 4 rings (SSSR count). The third kappa shape index (κ3) is 3.99. The molecular weight excluding hydrogens is 402 g/mol. The molecule has 27 heavy (non-hydrogen) atoms. The van der Waals surface area contributed by atoms with Crippen molar-refractivity contribution >= 4 is 39.7 Å². The summed E-state index contributed by atoms with van der Waals surface area (Å²) in [4.78, 5) is 16.5. The Labute approximate surface area is 166 Å². The van der Waals surface area contributed by atoms with Gasteiger partial charge in [-0.05, 0) is 44.3 Å². The maximum atomic E-state index is 12.4. The number of carbonyl (C=O) groups excluding carboxylic acids is 1. The van der Waals surface area contributed by atoms with Crippen LogP contribution in [0, 0.1) is 0 Å². The highest BCUT2D eigenvalue weighted by atomic mass is 79.9. The first-order chi connectivity index (χ1) is 13.2. The van der Waals surface area contributed by atoms with Crippen LogP contribution in [0.25, 0.3) is 12.2 Å². The summed E-state index contributed by atoms with van der Waals surface area (Å²) < 4.78 is 0.825. The molecule has 0 saturated heterocycles. The van der Waals surface area contributed by atoms with Gasteiger partial charge in [0.1, 0.15) is 0 Å². The van der Waals surface area contributed by atoms with Crippen LogP contribution in [-0.2, 0) is 4.79 Å². The Morgan fingerprint density at radius 1 is 0.963 bits per heavy atom. The van der Waals surface area contributed by atoms with Gasteiger partial charge in [-0.2, -0.15) is 0 Å². The summed E-state index contributed by atoms with van der Waals surface area (Å²) in [5.74, 6) is -0.109. The van der Waals surface area contributed by atoms with Crippen LogP contribution in [0.15, 0.2) is 71.5 Å². The summed E-state index contributed by atoms with van der Waals surface area (Å²) in [5, 5.41) is 6.30. The molecule has 3 aromatic rings. The largest absolute Gasteiger partial charge is 0.324 e. The number of nitrogens with zero attached hydrogens (tertiary/aromatic N) is 1. The third-order valence-corrected chi connectivity index (χ3v) is 4.95. The zero-order valence-electron chi connectivity index (χ0n) is 14.5. The maximum absolute atomic E-state index is 12.4. The Kier molecular flexibility index (Phi) is 5.14. The van der Waals surface area contributed by atoms with E-state index in [1.807, 2.05) is 30.3 Å². The van der Waals surface area contributed by atoms with Gasteiger partial charge >= 0.3 is 0 Å². The molecule has 0 atom stereocenters. The SMILES string of the molecule is O=C(CNC1c2ccccc2C=Cc2ccccc21)Nc1cncc(Br)c1. The molecule has 0 saturated carbocycles. The van der Waals surface area contributed by atoms with Crippen molar-refractivity contribution in [1.82, 2.24) is 10.3 Å². The van der Waals surface area contributed by atoms with Crippen molar-refractivity contribution in [2.45, 2.75) is 6.04 Å². The number of fused-ring (bicyclic) bond motifs is 2. The number of hydrogen-bond acceptors (Lipinski definition) is 3. The quantitative estimate of drug-likeness (QED) is 0.647. The van der Waals surface area contributed by atoms with Crippen molar-refractivity contribution in [2.24, 2.45) is 0 Å². The lowest BCUT2D eigenvalue weighted by molar-refractivity contribution is -0.115. The number of halogens is 1. The molecule has 1 aromatic heterocycles. The van der Waals surface area contributed by atoms with E-state index in [9.17, 15) is 4.79 Å². The summed E-state index contributed by atoms with van der Waals surface area (Å²) in [6.45, 7) is 0.194. The van der Waals surface area contributed by atoms with Gasteiger partial charge in [-0.25, -0.2) is 0 Å². The van der Waals surface area contributed by atoms with Gasteiger partial charge in [0.05, 0.1) is 24.5 Å². The lowest BCUT2D eigenvalue weighted by Crippen LogP contribution is -2.32. The van der Waals surface area contributed by atoms with E-state index in [0.717, 1.165) is 26.7 Å². The first-order valence-corrected chi connectivity index (χ1v) is 9.50. The fraction of sp³-hybridized carbons (Fsp3) is 0.0909. The Hall–Kier alpha value is -2.76. The lowest BCUT2D eigenvalue weighted by atomic mass is 9.94. The number of carbonyl (C=O) groups is 1. The minimum absolute atomic E-state index is 0.0567.